The number of nitrogen functional groups attached to an aromatic ring is 2. The average Bonchev–Trinajstić information content (AvgIpc) is 4.07. The predicted molar refractivity (Wildman–Crippen MR) is 212 cm³/mol. The molecule has 364 valence electrons. The van der Waals surface area contributed by atoms with Crippen LogP contribution in [-0.2, 0) is 50.3 Å². The summed E-state index contributed by atoms with van der Waals surface area (Å²) in [6, 6.07) is 0. The molecule has 8 rings (SSSR count). The summed E-state index contributed by atoms with van der Waals surface area (Å²) in [7, 11) is -16.1. The molecule has 0 aromatic carbocycles. The van der Waals surface area contributed by atoms with Crippen LogP contribution in [0.1, 0.15) is 18.9 Å². The minimum Gasteiger partial charge on any atom is -0.387 e. The van der Waals surface area contributed by atoms with Crippen LogP contribution in [0.25, 0.3) is 22.3 Å². The number of aliphatic hydroxyl groups is 7. The Morgan fingerprint density at radius 1 is 0.636 bits per heavy atom. The molecule has 4 aromatic heterocycles. The fourth-order valence-corrected chi connectivity index (χ4v) is 10.4. The Morgan fingerprint density at radius 2 is 1.06 bits per heavy atom. The SMILES string of the molecule is Nc1ncnc2c1ncn2[C@@H]1O[C@H](COP(=O)(O)OC(O)C2=CCCN([C@@H]3O[C@H](COP(=O)(O)OP(=O)(O)OC[C@H]4O[C@@H](n5cnc6c(N)ncnc65)[C@H](O)[C@@H]4O)[C@@H](O)[C@H]3O)C2)[C@@H](O)[C@H]1O. The third-order valence-corrected chi connectivity index (χ3v) is 14.4. The quantitative estimate of drug-likeness (QED) is 0.0271. The number of phosphoric ester groups is 3. The first-order valence-electron chi connectivity index (χ1n) is 19.5. The lowest BCUT2D eigenvalue weighted by atomic mass is 10.1. The lowest BCUT2D eigenvalue weighted by Gasteiger charge is -2.34. The van der Waals surface area contributed by atoms with Crippen molar-refractivity contribution in [1.82, 2.24) is 43.9 Å². The third-order valence-electron chi connectivity index (χ3n) is 10.9. The molecule has 35 heteroatoms. The van der Waals surface area contributed by atoms with Gasteiger partial charge in [0.1, 0.15) is 84.9 Å². The van der Waals surface area contributed by atoms with E-state index in [2.05, 4.69) is 34.2 Å². The topological polar surface area (TPSA) is 470 Å². The zero-order valence-corrected chi connectivity index (χ0v) is 36.3. The Balaban J connectivity index is 0.793. The van der Waals surface area contributed by atoms with Gasteiger partial charge in [0.15, 0.2) is 41.7 Å². The van der Waals surface area contributed by atoms with E-state index in [9.17, 15) is 64.1 Å². The van der Waals surface area contributed by atoms with Crippen molar-refractivity contribution in [2.24, 2.45) is 0 Å². The van der Waals surface area contributed by atoms with E-state index in [4.69, 9.17) is 43.8 Å². The van der Waals surface area contributed by atoms with Crippen LogP contribution < -0.4 is 11.5 Å². The van der Waals surface area contributed by atoms with Crippen LogP contribution in [0.15, 0.2) is 37.0 Å². The highest BCUT2D eigenvalue weighted by Gasteiger charge is 2.50. The molecule has 4 aliphatic rings. The van der Waals surface area contributed by atoms with Crippen LogP contribution in [0.4, 0.5) is 11.6 Å². The number of anilines is 2. The van der Waals surface area contributed by atoms with E-state index in [1.807, 2.05) is 0 Å². The van der Waals surface area contributed by atoms with Crippen LogP contribution in [0, 0.1) is 0 Å². The van der Waals surface area contributed by atoms with E-state index in [0.29, 0.717) is 0 Å². The zero-order valence-electron chi connectivity index (χ0n) is 33.6. The molecule has 4 aliphatic heterocycles. The Kier molecular flexibility index (Phi) is 14.1. The number of imidazole rings is 2. The Hall–Kier alpha value is -3.63. The van der Waals surface area contributed by atoms with Crippen LogP contribution in [-0.4, -0.2) is 195 Å². The van der Waals surface area contributed by atoms with Gasteiger partial charge in [-0.15, -0.1) is 0 Å². The summed E-state index contributed by atoms with van der Waals surface area (Å²) in [6.45, 7) is -2.92. The van der Waals surface area contributed by atoms with Crippen molar-refractivity contribution in [2.75, 3.05) is 44.4 Å². The predicted octanol–water partition coefficient (Wildman–Crippen LogP) is -4.15. The number of aliphatic hydroxyl groups excluding tert-OH is 7. The number of phosphoric acid groups is 3. The normalized spacial score (nSPS) is 34.1. The monoisotopic (exact) mass is 999 g/mol. The van der Waals surface area contributed by atoms with E-state index >= 15 is 0 Å². The van der Waals surface area contributed by atoms with Crippen molar-refractivity contribution in [3.63, 3.8) is 0 Å². The van der Waals surface area contributed by atoms with Gasteiger partial charge >= 0.3 is 23.5 Å². The third kappa shape index (κ3) is 10.1. The fourth-order valence-electron chi connectivity index (χ4n) is 7.57. The van der Waals surface area contributed by atoms with E-state index in [0.717, 1.165) is 12.7 Å². The molecule has 0 radical (unpaired) electrons. The second-order valence-corrected chi connectivity index (χ2v) is 19.6. The van der Waals surface area contributed by atoms with Gasteiger partial charge in [0.25, 0.3) is 0 Å². The summed E-state index contributed by atoms with van der Waals surface area (Å²) in [6.07, 6.45) is -14.2. The molecule has 14 N–H and O–H groups in total. The molecule has 16 atom stereocenters. The Labute approximate surface area is 369 Å². The second-order valence-electron chi connectivity index (χ2n) is 15.2. The Bertz CT molecular complexity index is 2580. The summed E-state index contributed by atoms with van der Waals surface area (Å²) in [5.41, 5.74) is 12.2. The molecule has 4 unspecified atom stereocenters. The van der Waals surface area contributed by atoms with Gasteiger partial charge in [0.2, 0.25) is 0 Å². The van der Waals surface area contributed by atoms with Gasteiger partial charge in [-0.1, -0.05) is 6.08 Å². The molecule has 0 amide bonds. The minimum atomic E-state index is -5.51. The van der Waals surface area contributed by atoms with Crippen molar-refractivity contribution in [3.05, 3.63) is 37.0 Å². The maximum Gasteiger partial charge on any atom is 0.481 e. The van der Waals surface area contributed by atoms with Crippen LogP contribution >= 0.6 is 23.5 Å². The number of ether oxygens (including phenoxy) is 3. The lowest BCUT2D eigenvalue weighted by Crippen LogP contribution is -2.47. The molecule has 8 heterocycles. The molecule has 0 saturated carbocycles. The Morgan fingerprint density at radius 3 is 1.53 bits per heavy atom. The molecule has 66 heavy (non-hydrogen) atoms. The van der Waals surface area contributed by atoms with Crippen molar-refractivity contribution in [1.29, 1.82) is 0 Å². The van der Waals surface area contributed by atoms with Gasteiger partial charge in [0.05, 0.1) is 32.5 Å². The molecule has 0 aliphatic carbocycles. The fraction of sp³-hybridized carbons (Fsp3) is 0.613. The molecular formula is C31H44N11O21P3. The molecular weight excluding hydrogens is 955 g/mol. The van der Waals surface area contributed by atoms with E-state index in [1.165, 1.54) is 32.8 Å². The average molecular weight is 1000 g/mol. The summed E-state index contributed by atoms with van der Waals surface area (Å²) in [4.78, 5) is 56.1. The van der Waals surface area contributed by atoms with Crippen LogP contribution in [0.2, 0.25) is 0 Å². The first kappa shape index (κ1) is 48.8. The molecule has 0 bridgehead atoms. The summed E-state index contributed by atoms with van der Waals surface area (Å²) in [5.74, 6) is 0.0701. The number of rotatable bonds is 17. The van der Waals surface area contributed by atoms with Gasteiger partial charge in [-0.3, -0.25) is 32.1 Å². The number of aromatic nitrogens is 8. The summed E-state index contributed by atoms with van der Waals surface area (Å²) >= 11 is 0. The molecule has 0 spiro atoms. The van der Waals surface area contributed by atoms with E-state index in [-0.39, 0.29) is 59.0 Å². The van der Waals surface area contributed by atoms with Crippen LogP contribution in [0.5, 0.6) is 0 Å². The van der Waals surface area contributed by atoms with Gasteiger partial charge in [-0.05, 0) is 12.0 Å². The van der Waals surface area contributed by atoms with Gasteiger partial charge < -0.3 is 76.1 Å². The number of fused-ring (bicyclic) bond motifs is 2. The standard InChI is InChI=1S/C31H44N11O21P3/c32-24-16-26(36-8-34-24)41(10-38-16)29-22(47)19(44)14(60-29)5-56-64(50,51)62-31(49)12-2-1-3-40(4-12)28-21(46)18(43)13(59-28)6-57-65(52,53)63-66(54,55)58-7-15-20(45)23(48)30(61-15)42-11-39-17-25(33)35-9-37-27(17)42/h2,8-11,13-15,18-23,28-31,43-49H,1,3-7H2,(H,50,51)(H,52,53)(H,54,55)(H2,32,34,36)(H2,33,35,37)/t13-,14-,15-,18-,19-,20-,21-,22-,23-,28-,29-,30-,31?/m1/s1. The largest absolute Gasteiger partial charge is 0.481 e. The maximum atomic E-state index is 12.9. The molecule has 4 aromatic rings. The number of hydrogen-bond donors (Lipinski definition) is 12. The molecule has 32 nitrogen and oxygen atoms in total. The molecule has 3 saturated heterocycles. The smallest absolute Gasteiger partial charge is 0.387 e. The first-order valence-corrected chi connectivity index (χ1v) is 24.0. The van der Waals surface area contributed by atoms with E-state index in [1.54, 1.807) is 0 Å². The zero-order chi connectivity index (χ0) is 47.5. The number of hydrogen-bond acceptors (Lipinski definition) is 27. The second kappa shape index (κ2) is 19.0. The lowest BCUT2D eigenvalue weighted by molar-refractivity contribution is -0.100. The summed E-state index contributed by atoms with van der Waals surface area (Å²) < 4.78 is 81.5. The number of nitrogens with two attached hydrogens (primary N) is 2. The highest BCUT2D eigenvalue weighted by molar-refractivity contribution is 7.61. The minimum absolute atomic E-state index is 0.0209. The van der Waals surface area contributed by atoms with Crippen molar-refractivity contribution < 1.29 is 101 Å². The number of nitrogens with zero attached hydrogens (tertiary/aromatic N) is 9. The first-order chi connectivity index (χ1) is 31.1. The molecule has 3 fully saturated rings. The van der Waals surface area contributed by atoms with Gasteiger partial charge in [0, 0.05) is 13.1 Å². The van der Waals surface area contributed by atoms with Crippen LogP contribution in [0.3, 0.4) is 0 Å². The van der Waals surface area contributed by atoms with Crippen molar-refractivity contribution in [3.8, 4) is 0 Å². The maximum absolute atomic E-state index is 12.9. The van der Waals surface area contributed by atoms with Gasteiger partial charge in [-0.25, -0.2) is 43.6 Å². The van der Waals surface area contributed by atoms with Gasteiger partial charge in [-0.2, -0.15) is 4.31 Å². The summed E-state index contributed by atoms with van der Waals surface area (Å²) in [5, 5.41) is 74.7. The highest BCUT2D eigenvalue weighted by Crippen LogP contribution is 2.61. The van der Waals surface area contributed by atoms with Crippen molar-refractivity contribution >= 4 is 57.4 Å². The van der Waals surface area contributed by atoms with Crippen molar-refractivity contribution in [2.45, 2.75) is 86.3 Å². The highest BCUT2D eigenvalue weighted by atomic mass is 31.3. The van der Waals surface area contributed by atoms with E-state index < -0.39 is 123 Å².